The Morgan fingerprint density at radius 1 is 0.750 bits per heavy atom. The molecule has 0 rings (SSSR count). The molecule has 0 heterocycles. The molecule has 1 unspecified atom stereocenters. The van der Waals surface area contributed by atoms with Gasteiger partial charge in [-0.3, -0.25) is 4.78 Å². The van der Waals surface area contributed by atoms with Crippen LogP contribution in [-0.2, 0) is 19.6 Å². The number of hydrogen-bond donors (Lipinski definition) is 1. The van der Waals surface area contributed by atoms with Gasteiger partial charge in [0, 0.05) is 26.0 Å². The molecule has 0 saturated carbocycles. The molecule has 0 saturated heterocycles. The van der Waals surface area contributed by atoms with E-state index < -0.39 is 24.3 Å². The van der Waals surface area contributed by atoms with Crippen molar-refractivity contribution in [1.29, 1.82) is 4.78 Å². The molecule has 0 aliphatic carbocycles. The quantitative estimate of drug-likeness (QED) is 0.817. The lowest BCUT2D eigenvalue weighted by molar-refractivity contribution is 0.561. The Morgan fingerprint density at radius 3 is 1.05 bits per heavy atom. The van der Waals surface area contributed by atoms with E-state index in [-0.39, 0.29) is 25.4 Å². The lowest BCUT2D eigenvalue weighted by atomic mass is 10.3. The Balaban J connectivity index is -0.000000116. The first-order chi connectivity index (χ1) is 7.62. The number of nitrogens with one attached hydrogen (secondary N) is 1. The van der Waals surface area contributed by atoms with Gasteiger partial charge in [0.15, 0.2) is 9.84 Å². The van der Waals surface area contributed by atoms with Crippen LogP contribution in [0.3, 0.4) is 0 Å². The van der Waals surface area contributed by atoms with E-state index in [1.165, 1.54) is 0 Å². The molecule has 20 heavy (non-hydrogen) atoms. The zero-order valence-corrected chi connectivity index (χ0v) is 14.6. The zero-order valence-electron chi connectivity index (χ0n) is 13.0. The second-order valence-corrected chi connectivity index (χ2v) is 12.3. The van der Waals surface area contributed by atoms with Crippen molar-refractivity contribution in [1.82, 2.24) is 0 Å². The van der Waals surface area contributed by atoms with Crippen LogP contribution in [0.15, 0.2) is 0 Å². The minimum absolute atomic E-state index is 0. The summed E-state index contributed by atoms with van der Waals surface area (Å²) in [6, 6.07) is 0. The smallest absolute Gasteiger partial charge is 0.154 e. The molecule has 6 heteroatoms. The van der Waals surface area contributed by atoms with Gasteiger partial charge in [-0.05, 0) is 41.5 Å². The predicted octanol–water partition coefficient (Wildman–Crippen LogP) is 4.34. The van der Waals surface area contributed by atoms with Gasteiger partial charge in [0.25, 0.3) is 0 Å². The summed E-state index contributed by atoms with van der Waals surface area (Å²) in [5, 5.41) is 0. The molecule has 0 aromatic rings. The molecule has 4 nitrogen and oxygen atoms in total. The molecule has 0 aliphatic heterocycles. The van der Waals surface area contributed by atoms with Crippen molar-refractivity contribution >= 4 is 19.6 Å². The Morgan fingerprint density at radius 2 is 1.05 bits per heavy atom. The minimum atomic E-state index is -2.84. The van der Waals surface area contributed by atoms with E-state index in [4.69, 9.17) is 4.78 Å². The van der Waals surface area contributed by atoms with Gasteiger partial charge in [0.05, 0.1) is 4.75 Å². The first kappa shape index (κ1) is 28.1. The summed E-state index contributed by atoms with van der Waals surface area (Å²) in [5.41, 5.74) is 0. The van der Waals surface area contributed by atoms with Crippen LogP contribution in [0, 0.1) is 4.78 Å². The fourth-order valence-electron chi connectivity index (χ4n) is 0.866. The monoisotopic (exact) mass is 331 g/mol. The predicted molar refractivity (Wildman–Crippen MR) is 93.8 cm³/mol. The third kappa shape index (κ3) is 8.95. The average Bonchev–Trinajstić information content (AvgIpc) is 2.15. The Hall–Kier alpha value is -0.100. The van der Waals surface area contributed by atoms with Crippen molar-refractivity contribution < 1.29 is 12.6 Å². The molecule has 0 spiro atoms. The minimum Gasteiger partial charge on any atom is -0.252 e. The Bertz CT molecular complexity index is 392. The lowest BCUT2D eigenvalue weighted by Gasteiger charge is -2.20. The molecule has 128 valence electrons. The zero-order chi connectivity index (χ0) is 15.4. The molecule has 0 radical (unpaired) electrons. The highest BCUT2D eigenvalue weighted by Gasteiger charge is 2.26. The molecule has 0 aromatic carbocycles. The van der Waals surface area contributed by atoms with Gasteiger partial charge < -0.3 is 0 Å². The molecular weight excluding hydrogens is 294 g/mol. The van der Waals surface area contributed by atoms with Crippen LogP contribution in [-0.4, -0.2) is 33.6 Å². The highest BCUT2D eigenvalue weighted by molar-refractivity contribution is 7.93. The van der Waals surface area contributed by atoms with E-state index >= 15 is 0 Å². The first-order valence-corrected chi connectivity index (χ1v) is 9.48. The van der Waals surface area contributed by atoms with Crippen LogP contribution < -0.4 is 0 Å². The van der Waals surface area contributed by atoms with E-state index in [9.17, 15) is 12.6 Å². The van der Waals surface area contributed by atoms with Crippen molar-refractivity contribution in [3.8, 4) is 0 Å². The third-order valence-corrected chi connectivity index (χ3v) is 8.13. The van der Waals surface area contributed by atoms with Crippen LogP contribution in [0.2, 0.25) is 0 Å². The van der Waals surface area contributed by atoms with Gasteiger partial charge in [-0.2, -0.15) is 0 Å². The summed E-state index contributed by atoms with van der Waals surface area (Å²) in [6.07, 6.45) is 0. The average molecular weight is 332 g/mol. The van der Waals surface area contributed by atoms with Crippen LogP contribution >= 0.6 is 0 Å². The summed E-state index contributed by atoms with van der Waals surface area (Å²) in [6.45, 7) is 14.1. The van der Waals surface area contributed by atoms with E-state index in [1.807, 2.05) is 20.8 Å². The fraction of sp³-hybridized carbons (Fsp3) is 1.00. The Labute approximate surface area is 128 Å². The summed E-state index contributed by atoms with van der Waals surface area (Å²) in [5.74, 6) is 0.688. The van der Waals surface area contributed by atoms with Crippen LogP contribution in [0.5, 0.6) is 0 Å². The molecule has 1 N–H and O–H groups in total. The largest absolute Gasteiger partial charge is 0.252 e. The van der Waals surface area contributed by atoms with Crippen molar-refractivity contribution in [3.63, 3.8) is 0 Å². The lowest BCUT2D eigenvalue weighted by Crippen LogP contribution is -2.29. The van der Waals surface area contributed by atoms with Crippen molar-refractivity contribution in [2.45, 2.75) is 79.7 Å². The van der Waals surface area contributed by atoms with E-state index in [1.54, 1.807) is 34.6 Å². The molecule has 0 aliphatic rings. The molecule has 0 aromatic heterocycles. The summed E-state index contributed by atoms with van der Waals surface area (Å²) in [7, 11) is -5.17. The second kappa shape index (κ2) is 9.03. The molecule has 0 bridgehead atoms. The van der Waals surface area contributed by atoms with Gasteiger partial charge in [0.1, 0.15) is 0 Å². The highest BCUT2D eigenvalue weighted by atomic mass is 32.2. The highest BCUT2D eigenvalue weighted by Crippen LogP contribution is 2.16. The summed E-state index contributed by atoms with van der Waals surface area (Å²) >= 11 is 0. The SMILES string of the molecule is C.C.CCS(=N)(=O)C(C)(C)C.CCS(=O)(=O)C(C)(C)C. The standard InChI is InChI=1S/C6H15NOS.C6H14O2S.2CH4/c2*1-5-9(7,8)6(2,3)4;;/h7H,5H2,1-4H3;5H2,1-4H3;2*1H4. The van der Waals surface area contributed by atoms with E-state index in [0.717, 1.165) is 0 Å². The van der Waals surface area contributed by atoms with E-state index in [0.29, 0.717) is 5.75 Å². The summed E-state index contributed by atoms with van der Waals surface area (Å²) < 4.78 is 39.7. The molecule has 1 atom stereocenters. The van der Waals surface area contributed by atoms with Crippen LogP contribution in [0.25, 0.3) is 0 Å². The maximum atomic E-state index is 11.2. The second-order valence-electron chi connectivity index (χ2n) is 6.09. The van der Waals surface area contributed by atoms with Gasteiger partial charge in [0.2, 0.25) is 0 Å². The van der Waals surface area contributed by atoms with Crippen molar-refractivity contribution in [3.05, 3.63) is 0 Å². The van der Waals surface area contributed by atoms with Gasteiger partial charge in [-0.25, -0.2) is 12.6 Å². The van der Waals surface area contributed by atoms with Crippen molar-refractivity contribution in [2.75, 3.05) is 11.5 Å². The van der Waals surface area contributed by atoms with E-state index in [2.05, 4.69) is 0 Å². The van der Waals surface area contributed by atoms with Gasteiger partial charge in [-0.15, -0.1) is 0 Å². The summed E-state index contributed by atoms with van der Waals surface area (Å²) in [4.78, 5) is 0. The Kier molecular flexibility index (Phi) is 12.7. The number of sulfone groups is 1. The fourth-order valence-corrected chi connectivity index (χ4v) is 2.60. The van der Waals surface area contributed by atoms with Crippen LogP contribution in [0.4, 0.5) is 0 Å². The molecule has 0 fully saturated rings. The van der Waals surface area contributed by atoms with Gasteiger partial charge >= 0.3 is 0 Å². The first-order valence-electron chi connectivity index (χ1n) is 6.10. The topological polar surface area (TPSA) is 75.1 Å². The normalized spacial score (nSPS) is 14.8. The molecule has 0 amide bonds. The number of rotatable bonds is 2. The van der Waals surface area contributed by atoms with Gasteiger partial charge in [-0.1, -0.05) is 28.7 Å². The van der Waals surface area contributed by atoms with Crippen LogP contribution in [0.1, 0.15) is 70.2 Å². The molecular formula is C14H37NO3S2. The maximum absolute atomic E-state index is 11.2. The number of hydrogen-bond acceptors (Lipinski definition) is 4. The van der Waals surface area contributed by atoms with Crippen molar-refractivity contribution in [2.24, 2.45) is 0 Å². The maximum Gasteiger partial charge on any atom is 0.154 e. The third-order valence-electron chi connectivity index (χ3n) is 2.71.